The first-order valence-electron chi connectivity index (χ1n) is 8.04. The van der Waals surface area contributed by atoms with E-state index in [2.05, 4.69) is 25.3 Å². The van der Waals surface area contributed by atoms with E-state index < -0.39 is 5.97 Å². The number of methoxy groups -OCH3 is 1. The lowest BCUT2D eigenvalue weighted by Crippen LogP contribution is -2.09. The molecule has 0 amide bonds. The predicted molar refractivity (Wildman–Crippen MR) is 94.1 cm³/mol. The topological polar surface area (TPSA) is 115 Å². The van der Waals surface area contributed by atoms with Crippen molar-refractivity contribution in [1.82, 2.24) is 29.8 Å². The minimum atomic E-state index is -0.525. The Balaban J connectivity index is 1.67. The Morgan fingerprint density at radius 2 is 1.96 bits per heavy atom. The number of hydrogen-bond donors (Lipinski definition) is 1. The summed E-state index contributed by atoms with van der Waals surface area (Å²) >= 11 is 0. The van der Waals surface area contributed by atoms with Crippen LogP contribution < -0.4 is 0 Å². The van der Waals surface area contributed by atoms with E-state index in [9.17, 15) is 9.90 Å². The van der Waals surface area contributed by atoms with Crippen LogP contribution in [0, 0.1) is 0 Å². The zero-order chi connectivity index (χ0) is 18.8. The van der Waals surface area contributed by atoms with Crippen molar-refractivity contribution >= 4 is 11.6 Å². The second kappa shape index (κ2) is 6.79. The third-order valence-electron chi connectivity index (χ3n) is 3.91. The Hall–Kier alpha value is -3.88. The van der Waals surface area contributed by atoms with Crippen LogP contribution in [0.25, 0.3) is 17.0 Å². The Morgan fingerprint density at radius 1 is 1.15 bits per heavy atom. The fourth-order valence-corrected chi connectivity index (χ4v) is 2.63. The highest BCUT2D eigenvalue weighted by Crippen LogP contribution is 2.19. The van der Waals surface area contributed by atoms with E-state index in [-0.39, 0.29) is 11.4 Å². The van der Waals surface area contributed by atoms with E-state index in [0.717, 1.165) is 11.1 Å². The number of rotatable bonds is 4. The molecule has 0 atom stereocenters. The van der Waals surface area contributed by atoms with Crippen LogP contribution in [-0.2, 0) is 11.2 Å². The minimum absolute atomic E-state index is 0.0114. The molecule has 0 aliphatic rings. The lowest BCUT2D eigenvalue weighted by atomic mass is 10.1. The SMILES string of the molecule is COC(=O)c1ccc2nnc(Cc3cccc(-c4ncc(O)cn4)c3)n2n1. The van der Waals surface area contributed by atoms with E-state index >= 15 is 0 Å². The number of hydrogen-bond acceptors (Lipinski definition) is 8. The van der Waals surface area contributed by atoms with E-state index in [1.165, 1.54) is 24.0 Å². The van der Waals surface area contributed by atoms with Gasteiger partial charge in [-0.15, -0.1) is 10.2 Å². The van der Waals surface area contributed by atoms with Crippen molar-refractivity contribution in [2.45, 2.75) is 6.42 Å². The Kier molecular flexibility index (Phi) is 4.17. The summed E-state index contributed by atoms with van der Waals surface area (Å²) in [5, 5.41) is 21.8. The van der Waals surface area contributed by atoms with Crippen molar-refractivity contribution in [2.75, 3.05) is 7.11 Å². The fraction of sp³-hybridized carbons (Fsp3) is 0.111. The summed E-state index contributed by atoms with van der Waals surface area (Å²) in [5.41, 5.74) is 2.47. The molecule has 9 heteroatoms. The van der Waals surface area contributed by atoms with E-state index in [0.29, 0.717) is 23.7 Å². The van der Waals surface area contributed by atoms with Crippen molar-refractivity contribution < 1.29 is 14.6 Å². The van der Waals surface area contributed by atoms with Gasteiger partial charge in [0.25, 0.3) is 0 Å². The molecule has 0 radical (unpaired) electrons. The van der Waals surface area contributed by atoms with Gasteiger partial charge in [-0.3, -0.25) is 0 Å². The first-order valence-corrected chi connectivity index (χ1v) is 8.04. The third kappa shape index (κ3) is 3.30. The highest BCUT2D eigenvalue weighted by atomic mass is 16.5. The molecule has 9 nitrogen and oxygen atoms in total. The Morgan fingerprint density at radius 3 is 2.74 bits per heavy atom. The normalized spacial score (nSPS) is 10.9. The van der Waals surface area contributed by atoms with Crippen LogP contribution >= 0.6 is 0 Å². The van der Waals surface area contributed by atoms with Crippen molar-refractivity contribution in [3.8, 4) is 17.1 Å². The maximum absolute atomic E-state index is 11.7. The number of carbonyl (C=O) groups is 1. The maximum Gasteiger partial charge on any atom is 0.358 e. The maximum atomic E-state index is 11.7. The molecule has 1 aromatic carbocycles. The molecule has 1 N–H and O–H groups in total. The molecule has 0 bridgehead atoms. The number of ether oxygens (including phenoxy) is 1. The molecule has 3 aromatic heterocycles. The van der Waals surface area contributed by atoms with Crippen molar-refractivity contribution in [1.29, 1.82) is 0 Å². The first-order chi connectivity index (χ1) is 13.1. The van der Waals surface area contributed by atoms with Gasteiger partial charge in [0, 0.05) is 12.0 Å². The van der Waals surface area contributed by atoms with Gasteiger partial charge in [0.2, 0.25) is 0 Å². The monoisotopic (exact) mass is 362 g/mol. The van der Waals surface area contributed by atoms with Gasteiger partial charge in [-0.25, -0.2) is 14.8 Å². The number of nitrogens with zero attached hydrogens (tertiary/aromatic N) is 6. The van der Waals surface area contributed by atoms with Crippen molar-refractivity contribution in [3.63, 3.8) is 0 Å². The molecule has 0 fully saturated rings. The molecule has 3 heterocycles. The van der Waals surface area contributed by atoms with Crippen LogP contribution in [0.5, 0.6) is 5.75 Å². The largest absolute Gasteiger partial charge is 0.505 e. The van der Waals surface area contributed by atoms with Crippen molar-refractivity contribution in [3.05, 3.63) is 65.9 Å². The molecule has 4 rings (SSSR count). The van der Waals surface area contributed by atoms with Gasteiger partial charge in [0.15, 0.2) is 28.7 Å². The quantitative estimate of drug-likeness (QED) is 0.545. The second-order valence-corrected chi connectivity index (χ2v) is 5.74. The third-order valence-corrected chi connectivity index (χ3v) is 3.91. The first kappa shape index (κ1) is 16.6. The number of aromatic hydroxyl groups is 1. The number of fused-ring (bicyclic) bond motifs is 1. The molecule has 0 aliphatic heterocycles. The van der Waals surface area contributed by atoms with Gasteiger partial charge < -0.3 is 9.84 Å². The summed E-state index contributed by atoms with van der Waals surface area (Å²) in [5.74, 6) is 0.576. The van der Waals surface area contributed by atoms with Gasteiger partial charge in [0.05, 0.1) is 19.5 Å². The summed E-state index contributed by atoms with van der Waals surface area (Å²) in [6.45, 7) is 0. The Bertz CT molecular complexity index is 1120. The minimum Gasteiger partial charge on any atom is -0.505 e. The number of aromatic nitrogens is 6. The summed E-state index contributed by atoms with van der Waals surface area (Å²) in [6, 6.07) is 10.8. The summed E-state index contributed by atoms with van der Waals surface area (Å²) in [7, 11) is 1.30. The molecule has 0 spiro atoms. The highest BCUT2D eigenvalue weighted by molar-refractivity contribution is 5.87. The van der Waals surface area contributed by atoms with Gasteiger partial charge in [0.1, 0.15) is 0 Å². The zero-order valence-corrected chi connectivity index (χ0v) is 14.3. The summed E-state index contributed by atoms with van der Waals surface area (Å²) < 4.78 is 6.23. The van der Waals surface area contributed by atoms with Gasteiger partial charge >= 0.3 is 5.97 Å². The van der Waals surface area contributed by atoms with Crippen LogP contribution in [0.1, 0.15) is 21.9 Å². The number of benzene rings is 1. The zero-order valence-electron chi connectivity index (χ0n) is 14.3. The van der Waals surface area contributed by atoms with Gasteiger partial charge in [-0.1, -0.05) is 18.2 Å². The average molecular weight is 362 g/mol. The molecule has 27 heavy (non-hydrogen) atoms. The standard InChI is InChI=1S/C18H14N6O3/c1-27-18(26)14-5-6-15-21-22-16(24(15)23-14)8-11-3-2-4-12(7-11)17-19-9-13(25)10-20-17/h2-7,9-10,25H,8H2,1H3. The predicted octanol–water partition coefficient (Wildman–Crippen LogP) is 1.66. The van der Waals surface area contributed by atoms with Crippen LogP contribution in [0.15, 0.2) is 48.8 Å². The lowest BCUT2D eigenvalue weighted by Gasteiger charge is -2.05. The van der Waals surface area contributed by atoms with Crippen LogP contribution in [0.2, 0.25) is 0 Å². The average Bonchev–Trinajstić information content (AvgIpc) is 3.10. The smallest absolute Gasteiger partial charge is 0.358 e. The summed E-state index contributed by atoms with van der Waals surface area (Å²) in [4.78, 5) is 19.9. The summed E-state index contributed by atoms with van der Waals surface area (Å²) in [6.07, 6.45) is 3.14. The molecule has 134 valence electrons. The van der Waals surface area contributed by atoms with Crippen LogP contribution in [-0.4, -0.2) is 48.0 Å². The van der Waals surface area contributed by atoms with E-state index in [1.54, 1.807) is 12.1 Å². The lowest BCUT2D eigenvalue weighted by molar-refractivity contribution is 0.0592. The van der Waals surface area contributed by atoms with Crippen LogP contribution in [0.3, 0.4) is 0 Å². The molecule has 4 aromatic rings. The highest BCUT2D eigenvalue weighted by Gasteiger charge is 2.13. The molecular formula is C18H14N6O3. The molecular weight excluding hydrogens is 348 g/mol. The van der Waals surface area contributed by atoms with E-state index in [1.807, 2.05) is 24.3 Å². The van der Waals surface area contributed by atoms with Gasteiger partial charge in [-0.2, -0.15) is 9.61 Å². The van der Waals surface area contributed by atoms with Crippen LogP contribution in [0.4, 0.5) is 0 Å². The Labute approximate surface area is 153 Å². The molecule has 0 unspecified atom stereocenters. The fourth-order valence-electron chi connectivity index (χ4n) is 2.63. The van der Waals surface area contributed by atoms with Gasteiger partial charge in [-0.05, 0) is 23.8 Å². The molecule has 0 saturated heterocycles. The van der Waals surface area contributed by atoms with Crippen molar-refractivity contribution in [2.24, 2.45) is 0 Å². The second-order valence-electron chi connectivity index (χ2n) is 5.74. The number of esters is 1. The van der Waals surface area contributed by atoms with E-state index in [4.69, 9.17) is 4.74 Å². The molecule has 0 saturated carbocycles. The number of carbonyl (C=O) groups excluding carboxylic acids is 1. The molecule has 0 aliphatic carbocycles.